The molecule has 0 spiro atoms. The van der Waals surface area contributed by atoms with Gasteiger partial charge in [0.25, 0.3) is 0 Å². The second-order valence-corrected chi connectivity index (χ2v) is 1.19. The fourth-order valence-corrected chi connectivity index (χ4v) is 0.351. The lowest BCUT2D eigenvalue weighted by molar-refractivity contribution is 0.215. The predicted octanol–water partition coefficient (Wildman–Crippen LogP) is 1.11. The highest BCUT2D eigenvalue weighted by atomic mass is 16.6. The van der Waals surface area contributed by atoms with E-state index >= 15 is 0 Å². The second-order valence-electron chi connectivity index (χ2n) is 1.19. The van der Waals surface area contributed by atoms with E-state index in [9.17, 15) is 0 Å². The highest BCUT2D eigenvalue weighted by Crippen LogP contribution is 1.93. The smallest absolute Gasteiger partial charge is 0.170 e. The van der Waals surface area contributed by atoms with E-state index in [0.29, 0.717) is 0 Å². The Labute approximate surface area is 42.5 Å². The summed E-state index contributed by atoms with van der Waals surface area (Å²) < 4.78 is 0. The van der Waals surface area contributed by atoms with Gasteiger partial charge in [-0.2, -0.15) is 0 Å². The van der Waals surface area contributed by atoms with E-state index in [-0.39, 0.29) is 0 Å². The van der Waals surface area contributed by atoms with Crippen LogP contribution in [0.15, 0.2) is 17.3 Å². The van der Waals surface area contributed by atoms with Gasteiger partial charge in [-0.05, 0) is 6.08 Å². The van der Waals surface area contributed by atoms with E-state index in [2.05, 4.69) is 9.99 Å². The summed E-state index contributed by atoms with van der Waals surface area (Å²) in [5, 5.41) is 3.50. The fraction of sp³-hybridized carbons (Fsp3) is 0.200. The first kappa shape index (κ1) is 4.37. The lowest BCUT2D eigenvalue weighted by Crippen LogP contribution is -1.70. The third kappa shape index (κ3) is 1.39. The minimum atomic E-state index is 0.847. The molecule has 2 nitrogen and oxygen atoms in total. The van der Waals surface area contributed by atoms with Gasteiger partial charge in [-0.15, -0.1) is 0 Å². The maximum atomic E-state index is 4.58. The fourth-order valence-electron chi connectivity index (χ4n) is 0.351. The Hall–Kier alpha value is -0.790. The molecule has 0 bridgehead atoms. The average molecular weight is 96.1 g/mol. The van der Waals surface area contributed by atoms with Crippen LogP contribution in [0.3, 0.4) is 0 Å². The van der Waals surface area contributed by atoms with Crippen LogP contribution >= 0.6 is 0 Å². The summed E-state index contributed by atoms with van der Waals surface area (Å²) in [4.78, 5) is 4.58. The number of hydrogen-bond acceptors (Lipinski definition) is 2. The van der Waals surface area contributed by atoms with Crippen LogP contribution < -0.4 is 0 Å². The SMILES string of the molecule is [CH]1CC=CC=NO1. The van der Waals surface area contributed by atoms with Crippen LogP contribution in [0.4, 0.5) is 0 Å². The average Bonchev–Trinajstić information content (AvgIpc) is 1.90. The number of oxime groups is 1. The molecule has 1 radical (unpaired) electrons. The first-order valence-corrected chi connectivity index (χ1v) is 2.16. The van der Waals surface area contributed by atoms with Gasteiger partial charge in [-0.25, -0.2) is 0 Å². The van der Waals surface area contributed by atoms with Gasteiger partial charge >= 0.3 is 0 Å². The van der Waals surface area contributed by atoms with Crippen LogP contribution in [0.1, 0.15) is 6.42 Å². The molecule has 2 heteroatoms. The molecule has 0 unspecified atom stereocenters. The highest BCUT2D eigenvalue weighted by Gasteiger charge is 1.83. The van der Waals surface area contributed by atoms with Gasteiger partial charge in [0.2, 0.25) is 0 Å². The van der Waals surface area contributed by atoms with Crippen molar-refractivity contribution in [2.24, 2.45) is 5.16 Å². The Kier molecular flexibility index (Phi) is 1.50. The van der Waals surface area contributed by atoms with Crippen molar-refractivity contribution < 1.29 is 4.84 Å². The number of hydrogen-bond donors (Lipinski definition) is 0. The Bertz CT molecular complexity index is 84.3. The summed E-state index contributed by atoms with van der Waals surface area (Å²) in [6, 6.07) is 0. The quantitative estimate of drug-likeness (QED) is 0.442. The molecule has 0 aromatic heterocycles. The van der Waals surface area contributed by atoms with Gasteiger partial charge < -0.3 is 4.84 Å². The Balaban J connectivity index is 2.39. The molecular formula is C5H6NO. The molecule has 0 fully saturated rings. The normalized spacial score (nSPS) is 18.3. The molecule has 1 aliphatic rings. The van der Waals surface area contributed by atoms with Crippen molar-refractivity contribution in [3.8, 4) is 0 Å². The van der Waals surface area contributed by atoms with Gasteiger partial charge in [0.1, 0.15) is 0 Å². The maximum absolute atomic E-state index is 4.58. The molecule has 0 atom stereocenters. The van der Waals surface area contributed by atoms with E-state index in [0.717, 1.165) is 6.42 Å². The van der Waals surface area contributed by atoms with Crippen molar-refractivity contribution in [1.82, 2.24) is 0 Å². The zero-order chi connectivity index (χ0) is 4.95. The molecule has 0 aromatic carbocycles. The van der Waals surface area contributed by atoms with Crippen LogP contribution in [0.2, 0.25) is 0 Å². The minimum Gasteiger partial charge on any atom is -0.388 e. The predicted molar refractivity (Wildman–Crippen MR) is 27.6 cm³/mol. The van der Waals surface area contributed by atoms with Crippen LogP contribution in [0.5, 0.6) is 0 Å². The summed E-state index contributed by atoms with van der Waals surface area (Å²) in [6.45, 7) is 1.64. The summed E-state index contributed by atoms with van der Waals surface area (Å²) in [7, 11) is 0. The van der Waals surface area contributed by atoms with Gasteiger partial charge in [0.05, 0.1) is 6.21 Å². The molecule has 0 saturated heterocycles. The second kappa shape index (κ2) is 2.39. The van der Waals surface area contributed by atoms with Crippen molar-refractivity contribution in [3.63, 3.8) is 0 Å². The van der Waals surface area contributed by atoms with Gasteiger partial charge in [0, 0.05) is 6.42 Å². The summed E-state index contributed by atoms with van der Waals surface area (Å²) in [5.74, 6) is 0. The molecule has 0 N–H and O–H groups in total. The molecule has 0 amide bonds. The molecule has 1 aliphatic heterocycles. The molecule has 1 rings (SSSR count). The largest absolute Gasteiger partial charge is 0.388 e. The number of nitrogens with zero attached hydrogens (tertiary/aromatic N) is 1. The number of allylic oxidation sites excluding steroid dienone is 1. The van der Waals surface area contributed by atoms with Crippen LogP contribution in [-0.2, 0) is 4.84 Å². The van der Waals surface area contributed by atoms with E-state index in [1.807, 2.05) is 12.2 Å². The van der Waals surface area contributed by atoms with E-state index in [4.69, 9.17) is 0 Å². The summed E-state index contributed by atoms with van der Waals surface area (Å²) in [5.41, 5.74) is 0. The molecule has 0 saturated carbocycles. The third-order valence-corrected chi connectivity index (χ3v) is 0.651. The first-order chi connectivity index (χ1) is 3.50. The zero-order valence-electron chi connectivity index (χ0n) is 3.87. The monoisotopic (exact) mass is 96.0 g/mol. The Morgan fingerprint density at radius 2 is 2.57 bits per heavy atom. The number of rotatable bonds is 0. The zero-order valence-corrected chi connectivity index (χ0v) is 3.87. The Morgan fingerprint density at radius 3 is 3.57 bits per heavy atom. The van der Waals surface area contributed by atoms with E-state index in [1.54, 1.807) is 12.8 Å². The summed E-state index contributed by atoms with van der Waals surface area (Å²) >= 11 is 0. The lowest BCUT2D eigenvalue weighted by Gasteiger charge is -1.85. The highest BCUT2D eigenvalue weighted by molar-refractivity contribution is 5.70. The van der Waals surface area contributed by atoms with Crippen molar-refractivity contribution in [2.45, 2.75) is 6.42 Å². The Morgan fingerprint density at radius 1 is 1.57 bits per heavy atom. The van der Waals surface area contributed by atoms with E-state index < -0.39 is 0 Å². The molecule has 0 aliphatic carbocycles. The van der Waals surface area contributed by atoms with Gasteiger partial charge in [-0.1, -0.05) is 11.2 Å². The molecule has 1 heterocycles. The molecule has 37 valence electrons. The molecule has 0 aromatic rings. The topological polar surface area (TPSA) is 21.6 Å². The molecular weight excluding hydrogens is 90.1 g/mol. The van der Waals surface area contributed by atoms with Crippen LogP contribution in [-0.4, -0.2) is 6.21 Å². The standard InChI is InChI=1S/C5H6NO/c1-2-4-6-7-5-3-1/h1-2,4-5H,3H2. The third-order valence-electron chi connectivity index (χ3n) is 0.651. The van der Waals surface area contributed by atoms with Crippen LogP contribution in [0, 0.1) is 6.61 Å². The van der Waals surface area contributed by atoms with Crippen molar-refractivity contribution >= 4 is 6.21 Å². The van der Waals surface area contributed by atoms with Crippen LogP contribution in [0.25, 0.3) is 0 Å². The molecule has 7 heavy (non-hydrogen) atoms. The first-order valence-electron chi connectivity index (χ1n) is 2.16. The van der Waals surface area contributed by atoms with Crippen molar-refractivity contribution in [1.29, 1.82) is 0 Å². The van der Waals surface area contributed by atoms with Gasteiger partial charge in [-0.3, -0.25) is 0 Å². The lowest BCUT2D eigenvalue weighted by atomic mass is 10.4. The van der Waals surface area contributed by atoms with Crippen molar-refractivity contribution in [3.05, 3.63) is 18.8 Å². The maximum Gasteiger partial charge on any atom is 0.170 e. The van der Waals surface area contributed by atoms with Crippen molar-refractivity contribution in [2.75, 3.05) is 0 Å². The minimum absolute atomic E-state index is 0.847. The van der Waals surface area contributed by atoms with Gasteiger partial charge in [0.15, 0.2) is 6.61 Å². The summed E-state index contributed by atoms with van der Waals surface area (Å²) in [6.07, 6.45) is 6.28. The van der Waals surface area contributed by atoms with E-state index in [1.165, 1.54) is 0 Å².